The van der Waals surface area contributed by atoms with Crippen molar-refractivity contribution in [2.75, 3.05) is 40.9 Å². The van der Waals surface area contributed by atoms with Crippen molar-refractivity contribution in [2.45, 2.75) is 264 Å². The summed E-state index contributed by atoms with van der Waals surface area (Å²) >= 11 is 0. The number of phosphoric acid groups is 1. The molecule has 0 saturated heterocycles. The van der Waals surface area contributed by atoms with Crippen LogP contribution in [0.4, 0.5) is 0 Å². The molecule has 0 saturated carbocycles. The highest BCUT2D eigenvalue weighted by molar-refractivity contribution is 7.45. The van der Waals surface area contributed by atoms with Gasteiger partial charge in [0.1, 0.15) is 13.2 Å². The average Bonchev–Trinajstić information content (AvgIpc) is 3.16. The summed E-state index contributed by atoms with van der Waals surface area (Å²) in [6.07, 6.45) is 45.6. The summed E-state index contributed by atoms with van der Waals surface area (Å²) in [5, 5.41) is 13.9. The predicted octanol–water partition coefficient (Wildman–Crippen LogP) is 13.5. The minimum atomic E-state index is -4.55. The highest BCUT2D eigenvalue weighted by atomic mass is 31.2. The van der Waals surface area contributed by atoms with Gasteiger partial charge in [-0.3, -0.25) is 9.36 Å². The van der Waals surface area contributed by atoms with Gasteiger partial charge in [0.05, 0.1) is 39.9 Å². The lowest BCUT2D eigenvalue weighted by Gasteiger charge is -2.30. The number of unbranched alkanes of at least 4 members (excludes halogenated alkanes) is 33. The molecule has 0 rings (SSSR count). The number of quaternary nitrogens is 1. The topological polar surface area (TPSA) is 108 Å². The maximum absolute atomic E-state index is 12.9. The zero-order valence-electron chi connectivity index (χ0n) is 38.8. The van der Waals surface area contributed by atoms with E-state index in [1.807, 2.05) is 21.1 Å². The van der Waals surface area contributed by atoms with E-state index < -0.39 is 20.0 Å². The molecule has 9 heteroatoms. The summed E-state index contributed by atoms with van der Waals surface area (Å²) in [5.41, 5.74) is 0. The normalized spacial score (nSPS) is 14.2. The van der Waals surface area contributed by atoms with Crippen LogP contribution >= 0.6 is 7.82 Å². The fraction of sp³-hybridized carbons (Fsp3) is 0.979. The maximum atomic E-state index is 12.9. The quantitative estimate of drug-likeness (QED) is 0.0359. The molecular formula is C48H99N2O6P. The van der Waals surface area contributed by atoms with Crippen molar-refractivity contribution >= 4 is 13.7 Å². The van der Waals surface area contributed by atoms with Crippen LogP contribution in [0.1, 0.15) is 251 Å². The van der Waals surface area contributed by atoms with Gasteiger partial charge in [0.15, 0.2) is 0 Å². The Kier molecular flexibility index (Phi) is 40.5. The van der Waals surface area contributed by atoms with Crippen LogP contribution < -0.4 is 10.2 Å². The van der Waals surface area contributed by atoms with Gasteiger partial charge in [-0.1, -0.05) is 232 Å². The number of nitrogens with one attached hydrogen (secondary N) is 1. The molecule has 342 valence electrons. The number of rotatable bonds is 46. The Morgan fingerprint density at radius 3 is 1.19 bits per heavy atom. The van der Waals surface area contributed by atoms with Crippen LogP contribution in [0.5, 0.6) is 0 Å². The number of phosphoric ester groups is 1. The molecule has 0 aliphatic rings. The molecule has 57 heavy (non-hydrogen) atoms. The van der Waals surface area contributed by atoms with Crippen molar-refractivity contribution < 1.29 is 32.9 Å². The number of hydrogen-bond acceptors (Lipinski definition) is 6. The van der Waals surface area contributed by atoms with E-state index in [1.165, 1.54) is 186 Å². The second-order valence-electron chi connectivity index (χ2n) is 18.5. The number of nitrogens with zero attached hydrogens (tertiary/aromatic N) is 1. The van der Waals surface area contributed by atoms with Crippen LogP contribution in [0.2, 0.25) is 0 Å². The van der Waals surface area contributed by atoms with E-state index in [-0.39, 0.29) is 19.1 Å². The number of hydrogen-bond donors (Lipinski definition) is 2. The number of likely N-dealkylation sites (N-methyl/N-ethyl adjacent to an activating group) is 1. The van der Waals surface area contributed by atoms with Gasteiger partial charge in [-0.2, -0.15) is 0 Å². The standard InChI is InChI=1S/C48H99N2O6P/c1-6-8-10-12-14-16-18-19-20-21-22-23-24-25-26-27-28-29-30-31-32-34-36-38-40-42-48(52)49-46(45-56-57(53,54)55-44-43-50(3,4)5)47(51)41-39-37-35-33-17-15-13-11-9-7-2/h46-47,51H,6-45H2,1-5H3,(H-,49,52,53,54). The van der Waals surface area contributed by atoms with E-state index >= 15 is 0 Å². The Balaban J connectivity index is 4.05. The Morgan fingerprint density at radius 1 is 0.544 bits per heavy atom. The Morgan fingerprint density at radius 2 is 0.860 bits per heavy atom. The number of carbonyl (C=O) groups excluding carboxylic acids is 1. The van der Waals surface area contributed by atoms with Gasteiger partial charge in [0, 0.05) is 6.42 Å². The van der Waals surface area contributed by atoms with E-state index in [2.05, 4.69) is 19.2 Å². The summed E-state index contributed by atoms with van der Waals surface area (Å²) in [4.78, 5) is 25.3. The zero-order valence-corrected chi connectivity index (χ0v) is 39.7. The Labute approximate surface area is 355 Å². The number of amides is 1. The van der Waals surface area contributed by atoms with Gasteiger partial charge in [-0.25, -0.2) is 0 Å². The van der Waals surface area contributed by atoms with Gasteiger partial charge in [-0.05, 0) is 12.8 Å². The molecule has 8 nitrogen and oxygen atoms in total. The molecule has 3 atom stereocenters. The van der Waals surface area contributed by atoms with Crippen LogP contribution in [0.3, 0.4) is 0 Å². The zero-order chi connectivity index (χ0) is 42.1. The summed E-state index contributed by atoms with van der Waals surface area (Å²) in [7, 11) is 1.32. The highest BCUT2D eigenvalue weighted by Crippen LogP contribution is 2.38. The lowest BCUT2D eigenvalue weighted by molar-refractivity contribution is -0.870. The second-order valence-corrected chi connectivity index (χ2v) is 19.9. The molecular weight excluding hydrogens is 732 g/mol. The molecule has 3 unspecified atom stereocenters. The molecule has 0 aliphatic heterocycles. The van der Waals surface area contributed by atoms with Gasteiger partial charge >= 0.3 is 0 Å². The first-order valence-corrected chi connectivity index (χ1v) is 26.3. The van der Waals surface area contributed by atoms with E-state index in [0.29, 0.717) is 23.9 Å². The molecule has 0 bridgehead atoms. The van der Waals surface area contributed by atoms with Gasteiger partial charge in [0.2, 0.25) is 5.91 Å². The fourth-order valence-electron chi connectivity index (χ4n) is 7.63. The summed E-state index contributed by atoms with van der Waals surface area (Å²) in [5.74, 6) is -0.161. The predicted molar refractivity (Wildman–Crippen MR) is 243 cm³/mol. The van der Waals surface area contributed by atoms with Gasteiger partial charge in [-0.15, -0.1) is 0 Å². The fourth-order valence-corrected chi connectivity index (χ4v) is 8.35. The van der Waals surface area contributed by atoms with Crippen LogP contribution in [0, 0.1) is 0 Å². The summed E-state index contributed by atoms with van der Waals surface area (Å²) in [6.45, 7) is 4.73. The monoisotopic (exact) mass is 831 g/mol. The van der Waals surface area contributed by atoms with Crippen molar-refractivity contribution in [3.05, 3.63) is 0 Å². The Hall–Kier alpha value is -0.500. The molecule has 2 N–H and O–H groups in total. The number of carbonyl (C=O) groups is 1. The Bertz CT molecular complexity index is 901. The van der Waals surface area contributed by atoms with Gasteiger partial charge < -0.3 is 28.8 Å². The van der Waals surface area contributed by atoms with Crippen molar-refractivity contribution in [3.63, 3.8) is 0 Å². The van der Waals surface area contributed by atoms with E-state index in [9.17, 15) is 19.4 Å². The number of aliphatic hydroxyl groups excluding tert-OH is 1. The lowest BCUT2D eigenvalue weighted by Crippen LogP contribution is -2.46. The maximum Gasteiger partial charge on any atom is 0.268 e. The molecule has 0 fully saturated rings. The molecule has 0 spiro atoms. The molecule has 0 aromatic heterocycles. The van der Waals surface area contributed by atoms with Crippen molar-refractivity contribution in [3.8, 4) is 0 Å². The summed E-state index contributed by atoms with van der Waals surface area (Å²) in [6, 6.07) is -0.792. The SMILES string of the molecule is CCCCCCCCCCCCCCCCCCCCCCCCCCCC(=O)NC(COP(=O)([O-])OCC[N+](C)(C)C)C(O)CCCCCCCCCCCC. The van der Waals surface area contributed by atoms with Crippen molar-refractivity contribution in [2.24, 2.45) is 0 Å². The lowest BCUT2D eigenvalue weighted by atomic mass is 10.0. The van der Waals surface area contributed by atoms with Crippen LogP contribution in [0.25, 0.3) is 0 Å². The molecule has 1 amide bonds. The third-order valence-corrected chi connectivity index (χ3v) is 12.6. The molecule has 0 aliphatic carbocycles. The molecule has 0 heterocycles. The average molecular weight is 831 g/mol. The minimum absolute atomic E-state index is 0.0159. The van der Waals surface area contributed by atoms with Crippen LogP contribution in [-0.2, 0) is 18.4 Å². The number of aliphatic hydroxyl groups is 1. The summed E-state index contributed by atoms with van der Waals surface area (Å²) < 4.78 is 23.3. The largest absolute Gasteiger partial charge is 0.756 e. The molecule has 0 radical (unpaired) electrons. The van der Waals surface area contributed by atoms with Crippen LogP contribution in [-0.4, -0.2) is 68.5 Å². The third-order valence-electron chi connectivity index (χ3n) is 11.6. The van der Waals surface area contributed by atoms with Gasteiger partial charge in [0.25, 0.3) is 7.82 Å². The molecule has 0 aromatic carbocycles. The van der Waals surface area contributed by atoms with Crippen LogP contribution in [0.15, 0.2) is 0 Å². The molecule has 0 aromatic rings. The van der Waals surface area contributed by atoms with E-state index in [4.69, 9.17) is 9.05 Å². The van der Waals surface area contributed by atoms with Crippen molar-refractivity contribution in [1.82, 2.24) is 5.32 Å². The minimum Gasteiger partial charge on any atom is -0.756 e. The third kappa shape index (κ3) is 43.4. The second kappa shape index (κ2) is 40.9. The first-order chi connectivity index (χ1) is 27.5. The van der Waals surface area contributed by atoms with E-state index in [0.717, 1.165) is 38.5 Å². The smallest absolute Gasteiger partial charge is 0.268 e. The van der Waals surface area contributed by atoms with E-state index in [1.54, 1.807) is 0 Å². The van der Waals surface area contributed by atoms with Crippen molar-refractivity contribution in [1.29, 1.82) is 0 Å². The highest BCUT2D eigenvalue weighted by Gasteiger charge is 2.24. The first-order valence-electron chi connectivity index (χ1n) is 24.9. The first kappa shape index (κ1) is 56.5.